The summed E-state index contributed by atoms with van der Waals surface area (Å²) >= 11 is 0. The van der Waals surface area contributed by atoms with Crippen molar-refractivity contribution in [3.8, 4) is 12.3 Å². The smallest absolute Gasteiger partial charge is 0.217 e. The number of rotatable bonds is 6. The largest absolute Gasteiger partial charge is 0.377 e. The molecule has 16 heavy (non-hydrogen) atoms. The minimum absolute atomic E-state index is 0.0642. The van der Waals surface area contributed by atoms with Crippen LogP contribution in [0, 0.1) is 12.3 Å². The molecule has 0 aliphatic carbocycles. The van der Waals surface area contributed by atoms with Crippen molar-refractivity contribution in [2.45, 2.75) is 32.3 Å². The minimum atomic E-state index is -3.26. The lowest BCUT2D eigenvalue weighted by Crippen LogP contribution is -2.37. The third-order valence-electron chi connectivity index (χ3n) is 2.55. The lowest BCUT2D eigenvalue weighted by atomic mass is 10.3. The fraction of sp³-hybridized carbons (Fsp3) is 0.818. The summed E-state index contributed by atoms with van der Waals surface area (Å²) in [5, 5.41) is 0. The molecule has 1 unspecified atom stereocenters. The highest BCUT2D eigenvalue weighted by Gasteiger charge is 2.27. The highest BCUT2D eigenvalue weighted by atomic mass is 32.2. The van der Waals surface area contributed by atoms with Crippen LogP contribution in [-0.2, 0) is 14.8 Å². The second-order valence-electron chi connectivity index (χ2n) is 3.95. The van der Waals surface area contributed by atoms with Crippen LogP contribution in [0.5, 0.6) is 0 Å². The van der Waals surface area contributed by atoms with Gasteiger partial charge >= 0.3 is 0 Å². The van der Waals surface area contributed by atoms with Gasteiger partial charge in [0.05, 0.1) is 18.4 Å². The molecule has 1 fully saturated rings. The van der Waals surface area contributed by atoms with Crippen LogP contribution < -0.4 is 0 Å². The molecule has 1 aliphatic heterocycles. The van der Waals surface area contributed by atoms with E-state index in [1.807, 2.05) is 6.92 Å². The molecule has 0 spiro atoms. The quantitative estimate of drug-likeness (QED) is 0.651. The SMILES string of the molecule is C#CCN(CCC)S(=O)(=O)CC1CCCO1. The van der Waals surface area contributed by atoms with Gasteiger partial charge in [-0.25, -0.2) is 8.42 Å². The molecule has 1 aliphatic rings. The van der Waals surface area contributed by atoms with Crippen molar-refractivity contribution in [1.29, 1.82) is 0 Å². The predicted molar refractivity (Wildman–Crippen MR) is 63.5 cm³/mol. The number of terminal acetylenes is 1. The van der Waals surface area contributed by atoms with Gasteiger partial charge in [-0.2, -0.15) is 4.31 Å². The molecular weight excluding hydrogens is 226 g/mol. The van der Waals surface area contributed by atoms with E-state index in [4.69, 9.17) is 11.2 Å². The van der Waals surface area contributed by atoms with Crippen molar-refractivity contribution in [1.82, 2.24) is 4.31 Å². The highest BCUT2D eigenvalue weighted by Crippen LogP contribution is 2.16. The van der Waals surface area contributed by atoms with E-state index < -0.39 is 10.0 Å². The Morgan fingerprint density at radius 3 is 2.81 bits per heavy atom. The summed E-state index contributed by atoms with van der Waals surface area (Å²) in [6, 6.07) is 0. The zero-order valence-electron chi connectivity index (χ0n) is 9.68. The minimum Gasteiger partial charge on any atom is -0.377 e. The third kappa shape index (κ3) is 3.78. The Kier molecular flexibility index (Phi) is 5.26. The molecule has 0 N–H and O–H groups in total. The van der Waals surface area contributed by atoms with E-state index in [0.717, 1.165) is 19.3 Å². The second-order valence-corrected chi connectivity index (χ2v) is 5.96. The van der Waals surface area contributed by atoms with Gasteiger partial charge in [0.25, 0.3) is 0 Å². The van der Waals surface area contributed by atoms with E-state index in [2.05, 4.69) is 5.92 Å². The van der Waals surface area contributed by atoms with Crippen molar-refractivity contribution >= 4 is 10.0 Å². The molecule has 0 amide bonds. The predicted octanol–water partition coefficient (Wildman–Crippen LogP) is 0.840. The standard InChI is InChI=1S/C11H19NO3S/c1-3-7-12(8-4-2)16(13,14)10-11-6-5-9-15-11/h1,11H,4-10H2,2H3. The Labute approximate surface area is 98.0 Å². The highest BCUT2D eigenvalue weighted by molar-refractivity contribution is 7.89. The van der Waals surface area contributed by atoms with Crippen LogP contribution in [0.2, 0.25) is 0 Å². The molecule has 0 aromatic carbocycles. The number of hydrogen-bond acceptors (Lipinski definition) is 3. The van der Waals surface area contributed by atoms with Crippen LogP contribution in [-0.4, -0.2) is 44.3 Å². The van der Waals surface area contributed by atoms with Gasteiger partial charge in [-0.15, -0.1) is 6.42 Å². The first-order valence-corrected chi connectivity index (χ1v) is 7.24. The van der Waals surface area contributed by atoms with Gasteiger partial charge in [-0.3, -0.25) is 0 Å². The van der Waals surface area contributed by atoms with E-state index >= 15 is 0 Å². The molecule has 0 radical (unpaired) electrons. The van der Waals surface area contributed by atoms with Gasteiger partial charge in [0.1, 0.15) is 0 Å². The summed E-state index contributed by atoms with van der Waals surface area (Å²) in [5.74, 6) is 2.45. The van der Waals surface area contributed by atoms with Gasteiger partial charge in [-0.05, 0) is 19.3 Å². The average molecular weight is 245 g/mol. The number of hydrogen-bond donors (Lipinski definition) is 0. The van der Waals surface area contributed by atoms with Crippen molar-refractivity contribution in [2.24, 2.45) is 0 Å². The average Bonchev–Trinajstić information content (AvgIpc) is 2.69. The molecule has 5 heteroatoms. The van der Waals surface area contributed by atoms with Gasteiger partial charge < -0.3 is 4.74 Å². The summed E-state index contributed by atoms with van der Waals surface area (Å²) in [7, 11) is -3.26. The molecule has 4 nitrogen and oxygen atoms in total. The number of sulfonamides is 1. The zero-order chi connectivity index (χ0) is 12.0. The molecule has 1 rings (SSSR count). The molecule has 1 heterocycles. The lowest BCUT2D eigenvalue weighted by Gasteiger charge is -2.20. The van der Waals surface area contributed by atoms with Gasteiger partial charge in [0.15, 0.2) is 0 Å². The van der Waals surface area contributed by atoms with E-state index in [9.17, 15) is 8.42 Å². The van der Waals surface area contributed by atoms with Crippen LogP contribution in [0.1, 0.15) is 26.2 Å². The maximum Gasteiger partial charge on any atom is 0.217 e. The Bertz CT molecular complexity index is 339. The van der Waals surface area contributed by atoms with Gasteiger partial charge in [0.2, 0.25) is 10.0 Å². The molecule has 92 valence electrons. The van der Waals surface area contributed by atoms with Crippen LogP contribution in [0.25, 0.3) is 0 Å². The maximum absolute atomic E-state index is 12.0. The van der Waals surface area contributed by atoms with Crippen LogP contribution in [0.3, 0.4) is 0 Å². The fourth-order valence-corrected chi connectivity index (χ4v) is 3.46. The summed E-state index contributed by atoms with van der Waals surface area (Å²) in [5.41, 5.74) is 0. The summed E-state index contributed by atoms with van der Waals surface area (Å²) < 4.78 is 30.7. The van der Waals surface area contributed by atoms with Crippen LogP contribution >= 0.6 is 0 Å². The molecule has 1 atom stereocenters. The first kappa shape index (κ1) is 13.5. The summed E-state index contributed by atoms with van der Waals surface area (Å²) in [4.78, 5) is 0. The molecule has 0 aromatic heterocycles. The summed E-state index contributed by atoms with van der Waals surface area (Å²) in [6.07, 6.45) is 7.57. The van der Waals surface area contributed by atoms with Crippen LogP contribution in [0.15, 0.2) is 0 Å². The van der Waals surface area contributed by atoms with Crippen molar-refractivity contribution in [3.05, 3.63) is 0 Å². The molecule has 1 saturated heterocycles. The van der Waals surface area contributed by atoms with Gasteiger partial charge in [0, 0.05) is 13.2 Å². The normalized spacial score (nSPS) is 21.2. The maximum atomic E-state index is 12.0. The van der Waals surface area contributed by atoms with E-state index in [1.54, 1.807) is 0 Å². The number of ether oxygens (including phenoxy) is 1. The molecular formula is C11H19NO3S. The Morgan fingerprint density at radius 2 is 2.31 bits per heavy atom. The second kappa shape index (κ2) is 6.24. The number of nitrogens with zero attached hydrogens (tertiary/aromatic N) is 1. The van der Waals surface area contributed by atoms with Crippen molar-refractivity contribution in [2.75, 3.05) is 25.4 Å². The van der Waals surface area contributed by atoms with Crippen LogP contribution in [0.4, 0.5) is 0 Å². The molecule has 0 aromatic rings. The Hall–Kier alpha value is -0.570. The Morgan fingerprint density at radius 1 is 1.56 bits per heavy atom. The van der Waals surface area contributed by atoms with E-state index in [1.165, 1.54) is 4.31 Å². The molecule has 0 bridgehead atoms. The van der Waals surface area contributed by atoms with Crippen molar-refractivity contribution < 1.29 is 13.2 Å². The van der Waals surface area contributed by atoms with E-state index in [-0.39, 0.29) is 18.4 Å². The van der Waals surface area contributed by atoms with E-state index in [0.29, 0.717) is 13.2 Å². The molecule has 0 saturated carbocycles. The first-order valence-electron chi connectivity index (χ1n) is 5.63. The van der Waals surface area contributed by atoms with Gasteiger partial charge in [-0.1, -0.05) is 12.8 Å². The topological polar surface area (TPSA) is 46.6 Å². The third-order valence-corrected chi connectivity index (χ3v) is 4.45. The summed E-state index contributed by atoms with van der Waals surface area (Å²) in [6.45, 7) is 3.25. The zero-order valence-corrected chi connectivity index (χ0v) is 10.5. The Balaban J connectivity index is 2.61. The first-order chi connectivity index (χ1) is 7.60. The lowest BCUT2D eigenvalue weighted by molar-refractivity contribution is 0.126. The monoisotopic (exact) mass is 245 g/mol. The van der Waals surface area contributed by atoms with Crippen molar-refractivity contribution in [3.63, 3.8) is 0 Å². The fourth-order valence-electron chi connectivity index (χ4n) is 1.78.